The molecule has 0 aromatic heterocycles. The fourth-order valence-electron chi connectivity index (χ4n) is 7.89. The third kappa shape index (κ3) is 2.13. The normalized spacial score (nSPS) is 28.5. The highest BCUT2D eigenvalue weighted by atomic mass is 16.3. The zero-order valence-electron chi connectivity index (χ0n) is 18.8. The van der Waals surface area contributed by atoms with Crippen LogP contribution in [0.5, 0.6) is 11.5 Å². The molecule has 2 unspecified atom stereocenters. The lowest BCUT2D eigenvalue weighted by atomic mass is 9.57. The number of phenols is 2. The Morgan fingerprint density at radius 1 is 0.621 bits per heavy atom. The zero-order valence-corrected chi connectivity index (χ0v) is 18.8. The minimum atomic E-state index is -0.0931. The number of rotatable bonds is 4. The Kier molecular flexibility index (Phi) is 4.57. The van der Waals surface area contributed by atoms with Crippen molar-refractivity contribution in [1.82, 2.24) is 0 Å². The Morgan fingerprint density at radius 3 is 1.28 bits per heavy atom. The number of benzene rings is 2. The predicted octanol–water partition coefficient (Wildman–Crippen LogP) is 6.80. The second-order valence-corrected chi connectivity index (χ2v) is 9.50. The van der Waals surface area contributed by atoms with Crippen LogP contribution in [0.15, 0.2) is 36.4 Å². The minimum absolute atomic E-state index is 0.0506. The van der Waals surface area contributed by atoms with Crippen LogP contribution in [0, 0.1) is 11.8 Å². The van der Waals surface area contributed by atoms with Gasteiger partial charge in [-0.05, 0) is 94.9 Å². The Labute approximate surface area is 176 Å². The summed E-state index contributed by atoms with van der Waals surface area (Å²) in [6.07, 6.45) is 4.25. The molecule has 0 bridgehead atoms. The standard InChI is InChI=1S/C27H36O2/c1-7-25(8-2)17(5)27(21-13-11-19(28)15-23(21)25)18(6)26(9-3,10-4)24-16-20(29)12-14-22(24)27/h11-18,28-29H,7-10H2,1-6H3. The molecule has 2 aliphatic rings. The van der Waals surface area contributed by atoms with Gasteiger partial charge in [-0.2, -0.15) is 0 Å². The molecule has 0 saturated heterocycles. The molecule has 0 aliphatic heterocycles. The van der Waals surface area contributed by atoms with Gasteiger partial charge in [-0.3, -0.25) is 0 Å². The summed E-state index contributed by atoms with van der Waals surface area (Å²) >= 11 is 0. The molecule has 0 saturated carbocycles. The maximum absolute atomic E-state index is 10.4. The Balaban J connectivity index is 2.15. The molecule has 0 amide bonds. The molecule has 2 heteroatoms. The summed E-state index contributed by atoms with van der Waals surface area (Å²) in [6, 6.07) is 12.2. The van der Waals surface area contributed by atoms with E-state index in [2.05, 4.69) is 53.7 Å². The van der Waals surface area contributed by atoms with Crippen molar-refractivity contribution >= 4 is 0 Å². The molecule has 1 spiro atoms. The van der Waals surface area contributed by atoms with Gasteiger partial charge in [-0.15, -0.1) is 0 Å². The van der Waals surface area contributed by atoms with E-state index in [1.807, 2.05) is 24.3 Å². The second-order valence-electron chi connectivity index (χ2n) is 9.50. The van der Waals surface area contributed by atoms with E-state index in [0.717, 1.165) is 25.7 Å². The molecule has 2 aromatic rings. The van der Waals surface area contributed by atoms with Gasteiger partial charge in [-0.25, -0.2) is 0 Å². The van der Waals surface area contributed by atoms with Crippen LogP contribution in [-0.2, 0) is 16.2 Å². The first-order valence-electron chi connectivity index (χ1n) is 11.5. The van der Waals surface area contributed by atoms with Crippen LogP contribution in [0.1, 0.15) is 89.5 Å². The van der Waals surface area contributed by atoms with Crippen molar-refractivity contribution in [3.8, 4) is 11.5 Å². The first kappa shape index (κ1) is 20.3. The summed E-state index contributed by atoms with van der Waals surface area (Å²) in [5, 5.41) is 20.8. The monoisotopic (exact) mass is 392 g/mol. The molecule has 0 radical (unpaired) electrons. The van der Waals surface area contributed by atoms with Crippen LogP contribution < -0.4 is 0 Å². The van der Waals surface area contributed by atoms with E-state index in [4.69, 9.17) is 0 Å². The van der Waals surface area contributed by atoms with Gasteiger partial charge in [-0.1, -0.05) is 53.7 Å². The minimum Gasteiger partial charge on any atom is -0.508 e. The molecule has 0 fully saturated rings. The van der Waals surface area contributed by atoms with Gasteiger partial charge in [0.05, 0.1) is 0 Å². The summed E-state index contributed by atoms with van der Waals surface area (Å²) in [5.74, 6) is 1.57. The van der Waals surface area contributed by atoms with Gasteiger partial charge < -0.3 is 10.2 Å². The molecular formula is C27H36O2. The van der Waals surface area contributed by atoms with Crippen LogP contribution in [0.4, 0.5) is 0 Å². The largest absolute Gasteiger partial charge is 0.508 e. The Bertz CT molecular complexity index is 856. The predicted molar refractivity (Wildman–Crippen MR) is 120 cm³/mol. The lowest BCUT2D eigenvalue weighted by Gasteiger charge is -2.46. The molecule has 156 valence electrons. The molecule has 2 atom stereocenters. The Morgan fingerprint density at radius 2 is 0.966 bits per heavy atom. The number of hydrogen-bond donors (Lipinski definition) is 2. The lowest BCUT2D eigenvalue weighted by molar-refractivity contribution is 0.129. The highest BCUT2D eigenvalue weighted by molar-refractivity contribution is 5.64. The van der Waals surface area contributed by atoms with Crippen molar-refractivity contribution in [1.29, 1.82) is 0 Å². The maximum atomic E-state index is 10.4. The van der Waals surface area contributed by atoms with Crippen LogP contribution in [0.2, 0.25) is 0 Å². The van der Waals surface area contributed by atoms with Crippen molar-refractivity contribution in [3.05, 3.63) is 58.7 Å². The fourth-order valence-corrected chi connectivity index (χ4v) is 7.89. The van der Waals surface area contributed by atoms with E-state index < -0.39 is 0 Å². The van der Waals surface area contributed by atoms with Crippen molar-refractivity contribution in [2.45, 2.75) is 83.5 Å². The molecule has 0 heterocycles. The van der Waals surface area contributed by atoms with Crippen molar-refractivity contribution in [2.75, 3.05) is 0 Å². The summed E-state index contributed by atoms with van der Waals surface area (Å²) in [5.41, 5.74) is 5.48. The number of aromatic hydroxyl groups is 2. The number of phenolic OH excluding ortho intramolecular Hbond substituents is 2. The van der Waals surface area contributed by atoms with Crippen LogP contribution in [0.25, 0.3) is 0 Å². The fraction of sp³-hybridized carbons (Fsp3) is 0.556. The first-order chi connectivity index (χ1) is 13.8. The molecule has 29 heavy (non-hydrogen) atoms. The highest BCUT2D eigenvalue weighted by Gasteiger charge is 2.66. The van der Waals surface area contributed by atoms with Crippen LogP contribution in [0.3, 0.4) is 0 Å². The van der Waals surface area contributed by atoms with Gasteiger partial charge in [0.25, 0.3) is 0 Å². The molecule has 2 aliphatic carbocycles. The van der Waals surface area contributed by atoms with E-state index in [1.54, 1.807) is 0 Å². The topological polar surface area (TPSA) is 40.5 Å². The third-order valence-electron chi connectivity index (χ3n) is 9.52. The van der Waals surface area contributed by atoms with Gasteiger partial charge >= 0.3 is 0 Å². The second kappa shape index (κ2) is 6.52. The van der Waals surface area contributed by atoms with Crippen molar-refractivity contribution in [3.63, 3.8) is 0 Å². The lowest BCUT2D eigenvalue weighted by Crippen LogP contribution is -2.45. The summed E-state index contributed by atoms with van der Waals surface area (Å²) < 4.78 is 0. The third-order valence-corrected chi connectivity index (χ3v) is 9.52. The van der Waals surface area contributed by atoms with Gasteiger partial charge in [0.2, 0.25) is 0 Å². The van der Waals surface area contributed by atoms with Crippen LogP contribution >= 0.6 is 0 Å². The summed E-state index contributed by atoms with van der Waals surface area (Å²) in [4.78, 5) is 0. The molecule has 2 N–H and O–H groups in total. The average molecular weight is 393 g/mol. The molecule has 2 aromatic carbocycles. The number of hydrogen-bond acceptors (Lipinski definition) is 2. The van der Waals surface area contributed by atoms with Gasteiger partial charge in [0.1, 0.15) is 11.5 Å². The highest BCUT2D eigenvalue weighted by Crippen LogP contribution is 2.70. The van der Waals surface area contributed by atoms with Crippen molar-refractivity contribution in [2.24, 2.45) is 11.8 Å². The molecule has 4 rings (SSSR count). The zero-order chi connectivity index (χ0) is 21.2. The quantitative estimate of drug-likeness (QED) is 0.601. The van der Waals surface area contributed by atoms with E-state index in [1.165, 1.54) is 22.3 Å². The first-order valence-corrected chi connectivity index (χ1v) is 11.5. The summed E-state index contributed by atoms with van der Waals surface area (Å²) in [6.45, 7) is 14.1. The molecule has 2 nitrogen and oxygen atoms in total. The van der Waals surface area contributed by atoms with E-state index in [-0.39, 0.29) is 16.2 Å². The summed E-state index contributed by atoms with van der Waals surface area (Å²) in [7, 11) is 0. The van der Waals surface area contributed by atoms with Gasteiger partial charge in [0, 0.05) is 5.41 Å². The number of fused-ring (bicyclic) bond motifs is 4. The molecular weight excluding hydrogens is 356 g/mol. The smallest absolute Gasteiger partial charge is 0.115 e. The SMILES string of the molecule is CCC1(CC)c2cc(O)ccc2C2(c3ccc(O)cc3C(CC)(CC)C2C)C1C. The average Bonchev–Trinajstić information content (AvgIpc) is 3.07. The van der Waals surface area contributed by atoms with E-state index in [9.17, 15) is 10.2 Å². The Hall–Kier alpha value is -1.96. The van der Waals surface area contributed by atoms with Crippen molar-refractivity contribution < 1.29 is 10.2 Å². The van der Waals surface area contributed by atoms with Gasteiger partial charge in [0.15, 0.2) is 0 Å². The van der Waals surface area contributed by atoms with E-state index >= 15 is 0 Å². The maximum Gasteiger partial charge on any atom is 0.115 e. The van der Waals surface area contributed by atoms with E-state index in [0.29, 0.717) is 23.3 Å². The van der Waals surface area contributed by atoms with Crippen LogP contribution in [-0.4, -0.2) is 10.2 Å².